The van der Waals surface area contributed by atoms with Crippen LogP contribution in [0.5, 0.6) is 0 Å². The van der Waals surface area contributed by atoms with Crippen LogP contribution in [0.25, 0.3) is 0 Å². The van der Waals surface area contributed by atoms with Gasteiger partial charge in [-0.25, -0.2) is 9.29 Å². The molecule has 0 aliphatic carbocycles. The summed E-state index contributed by atoms with van der Waals surface area (Å²) in [4.78, 5) is 51.6. The number of imide groups is 1. The molecule has 1 aromatic carbocycles. The maximum atomic E-state index is 13.2. The van der Waals surface area contributed by atoms with E-state index in [1.807, 2.05) is 0 Å². The average molecular weight is 386 g/mol. The smallest absolute Gasteiger partial charge is 0.257 e. The molecule has 1 unspecified atom stereocenters. The van der Waals surface area contributed by atoms with E-state index in [1.165, 1.54) is 30.2 Å². The average Bonchev–Trinajstić information content (AvgIpc) is 3.26. The molecule has 0 spiro atoms. The minimum Gasteiger partial charge on any atom is -0.467 e. The summed E-state index contributed by atoms with van der Waals surface area (Å²) < 4.78 is 18.4. The van der Waals surface area contributed by atoms with Gasteiger partial charge in [-0.3, -0.25) is 14.4 Å². The van der Waals surface area contributed by atoms with Crippen molar-refractivity contribution in [3.63, 3.8) is 0 Å². The number of carbonyl (C=O) groups excluding carboxylic acids is 4. The summed E-state index contributed by atoms with van der Waals surface area (Å²) in [5.74, 6) is -1.65. The Morgan fingerprint density at radius 2 is 1.89 bits per heavy atom. The maximum absolute atomic E-state index is 13.2. The molecule has 0 bridgehead atoms. The summed E-state index contributed by atoms with van der Waals surface area (Å²) >= 11 is 0. The van der Waals surface area contributed by atoms with Crippen molar-refractivity contribution in [1.82, 2.24) is 4.90 Å². The fraction of sp³-hybridized carbons (Fsp3) is 0.300. The highest BCUT2D eigenvalue weighted by Gasteiger charge is 2.44. The molecule has 8 heteroatoms. The van der Waals surface area contributed by atoms with E-state index < -0.39 is 29.6 Å². The highest BCUT2D eigenvalue weighted by molar-refractivity contribution is 6.23. The minimum absolute atomic E-state index is 0.00465. The lowest BCUT2D eigenvalue weighted by Crippen LogP contribution is -2.45. The topological polar surface area (TPSA) is 87.9 Å². The minimum atomic E-state index is -1.01. The third-order valence-corrected chi connectivity index (χ3v) is 4.50. The van der Waals surface area contributed by atoms with Crippen LogP contribution < -0.4 is 4.90 Å². The van der Waals surface area contributed by atoms with E-state index in [0.717, 1.165) is 17.0 Å². The number of furan rings is 1. The largest absolute Gasteiger partial charge is 0.467 e. The summed E-state index contributed by atoms with van der Waals surface area (Å²) in [5.41, 5.74) is 0.244. The van der Waals surface area contributed by atoms with Crippen molar-refractivity contribution in [2.45, 2.75) is 38.8 Å². The molecule has 146 valence electrons. The van der Waals surface area contributed by atoms with Gasteiger partial charge in [0.15, 0.2) is 0 Å². The van der Waals surface area contributed by atoms with Gasteiger partial charge in [0, 0.05) is 12.8 Å². The second-order valence-corrected chi connectivity index (χ2v) is 6.57. The highest BCUT2D eigenvalue weighted by Crippen LogP contribution is 2.27. The number of halogens is 1. The Hall–Kier alpha value is -3.29. The zero-order chi connectivity index (χ0) is 20.3. The SMILES string of the molecule is CC(=O)CCC(=O)N(Cc1ccco1)C1CC(=O)N(c2ccc(F)cc2)C1=O. The first-order valence-corrected chi connectivity index (χ1v) is 8.80. The van der Waals surface area contributed by atoms with Crippen molar-refractivity contribution in [2.24, 2.45) is 0 Å². The molecule has 3 rings (SSSR count). The normalized spacial score (nSPS) is 16.5. The van der Waals surface area contributed by atoms with Crippen LogP contribution in [0.1, 0.15) is 31.9 Å². The van der Waals surface area contributed by atoms with Crippen molar-refractivity contribution in [1.29, 1.82) is 0 Å². The highest BCUT2D eigenvalue weighted by atomic mass is 19.1. The van der Waals surface area contributed by atoms with E-state index in [-0.39, 0.29) is 37.3 Å². The molecule has 0 radical (unpaired) electrons. The van der Waals surface area contributed by atoms with Crippen LogP contribution in [0.3, 0.4) is 0 Å². The van der Waals surface area contributed by atoms with E-state index in [1.54, 1.807) is 12.1 Å². The monoisotopic (exact) mass is 386 g/mol. The summed E-state index contributed by atoms with van der Waals surface area (Å²) in [6, 6.07) is 7.28. The third kappa shape index (κ3) is 4.16. The second-order valence-electron chi connectivity index (χ2n) is 6.57. The summed E-state index contributed by atoms with van der Waals surface area (Å²) in [6.07, 6.45) is 1.23. The molecule has 1 aliphatic heterocycles. The van der Waals surface area contributed by atoms with Crippen LogP contribution in [0.2, 0.25) is 0 Å². The van der Waals surface area contributed by atoms with E-state index in [9.17, 15) is 23.6 Å². The Kier molecular flexibility index (Phi) is 5.67. The zero-order valence-corrected chi connectivity index (χ0v) is 15.3. The molecule has 28 heavy (non-hydrogen) atoms. The fourth-order valence-corrected chi connectivity index (χ4v) is 3.09. The number of amides is 3. The van der Waals surface area contributed by atoms with Crippen molar-refractivity contribution < 1.29 is 28.0 Å². The fourth-order valence-electron chi connectivity index (χ4n) is 3.09. The Morgan fingerprint density at radius 1 is 1.18 bits per heavy atom. The molecule has 0 N–H and O–H groups in total. The van der Waals surface area contributed by atoms with Crippen LogP contribution in [0, 0.1) is 5.82 Å². The number of benzene rings is 1. The Labute approximate surface area is 160 Å². The Bertz CT molecular complexity index is 892. The van der Waals surface area contributed by atoms with Crippen LogP contribution in [0.15, 0.2) is 47.1 Å². The van der Waals surface area contributed by atoms with Gasteiger partial charge < -0.3 is 14.1 Å². The van der Waals surface area contributed by atoms with E-state index in [0.29, 0.717) is 5.76 Å². The molecule has 2 aromatic rings. The molecule has 1 saturated heterocycles. The molecular weight excluding hydrogens is 367 g/mol. The molecule has 1 aliphatic rings. The summed E-state index contributed by atoms with van der Waals surface area (Å²) in [7, 11) is 0. The zero-order valence-electron chi connectivity index (χ0n) is 15.3. The van der Waals surface area contributed by atoms with Gasteiger partial charge in [-0.05, 0) is 43.3 Å². The molecule has 1 aromatic heterocycles. The van der Waals surface area contributed by atoms with E-state index >= 15 is 0 Å². The number of nitrogens with zero attached hydrogens (tertiary/aromatic N) is 2. The Morgan fingerprint density at radius 3 is 2.50 bits per heavy atom. The van der Waals surface area contributed by atoms with E-state index in [2.05, 4.69) is 0 Å². The summed E-state index contributed by atoms with van der Waals surface area (Å²) in [6.45, 7) is 1.38. The first kappa shape index (κ1) is 19.5. The molecule has 7 nitrogen and oxygen atoms in total. The lowest BCUT2D eigenvalue weighted by atomic mass is 10.1. The lowest BCUT2D eigenvalue weighted by molar-refractivity contribution is -0.140. The number of rotatable bonds is 7. The molecule has 1 atom stereocenters. The van der Waals surface area contributed by atoms with Crippen LogP contribution in [-0.2, 0) is 25.7 Å². The van der Waals surface area contributed by atoms with Crippen molar-refractivity contribution in [3.05, 3.63) is 54.2 Å². The van der Waals surface area contributed by atoms with Gasteiger partial charge in [-0.15, -0.1) is 0 Å². The van der Waals surface area contributed by atoms with Crippen LogP contribution in [0.4, 0.5) is 10.1 Å². The number of hydrogen-bond donors (Lipinski definition) is 0. The van der Waals surface area contributed by atoms with Gasteiger partial charge in [0.05, 0.1) is 24.9 Å². The predicted molar refractivity (Wildman–Crippen MR) is 96.5 cm³/mol. The lowest BCUT2D eigenvalue weighted by Gasteiger charge is -2.27. The van der Waals surface area contributed by atoms with Crippen molar-refractivity contribution in [2.75, 3.05) is 4.90 Å². The third-order valence-electron chi connectivity index (χ3n) is 4.50. The number of Topliss-reactive ketones (excluding diaryl/α,β-unsaturated/α-hetero) is 1. The number of hydrogen-bond acceptors (Lipinski definition) is 5. The molecule has 1 fully saturated rings. The van der Waals surface area contributed by atoms with Crippen LogP contribution >= 0.6 is 0 Å². The standard InChI is InChI=1S/C20H19FN2O5/c1-13(24)4-9-18(25)22(12-16-3-2-10-28-16)17-11-19(26)23(20(17)27)15-7-5-14(21)6-8-15/h2-3,5-8,10,17H,4,9,11-12H2,1H3. The van der Waals surface area contributed by atoms with Crippen molar-refractivity contribution >= 4 is 29.2 Å². The van der Waals surface area contributed by atoms with Gasteiger partial charge in [0.1, 0.15) is 23.4 Å². The quantitative estimate of drug-likeness (QED) is 0.682. The van der Waals surface area contributed by atoms with Crippen LogP contribution in [-0.4, -0.2) is 34.4 Å². The maximum Gasteiger partial charge on any atom is 0.257 e. The van der Waals surface area contributed by atoms with Gasteiger partial charge in [0.25, 0.3) is 5.91 Å². The van der Waals surface area contributed by atoms with Gasteiger partial charge in [-0.1, -0.05) is 0 Å². The first-order valence-electron chi connectivity index (χ1n) is 8.80. The van der Waals surface area contributed by atoms with Gasteiger partial charge in [0.2, 0.25) is 11.8 Å². The molecule has 0 saturated carbocycles. The number of ketones is 1. The molecular formula is C20H19FN2O5. The van der Waals surface area contributed by atoms with Crippen molar-refractivity contribution in [3.8, 4) is 0 Å². The van der Waals surface area contributed by atoms with Gasteiger partial charge in [-0.2, -0.15) is 0 Å². The first-order chi connectivity index (χ1) is 13.4. The predicted octanol–water partition coefficient (Wildman–Crippen LogP) is 2.45. The molecule has 3 amide bonds. The Balaban J connectivity index is 1.85. The number of anilines is 1. The van der Waals surface area contributed by atoms with Gasteiger partial charge >= 0.3 is 0 Å². The molecule has 2 heterocycles. The second kappa shape index (κ2) is 8.16. The van der Waals surface area contributed by atoms with E-state index in [4.69, 9.17) is 4.42 Å². The summed E-state index contributed by atoms with van der Waals surface area (Å²) in [5, 5.41) is 0. The number of carbonyl (C=O) groups is 4.